The zero-order valence-electron chi connectivity index (χ0n) is 10.0. The summed E-state index contributed by atoms with van der Waals surface area (Å²) in [4.78, 5) is 22.8. The van der Waals surface area contributed by atoms with Crippen LogP contribution in [-0.4, -0.2) is 34.3 Å². The Morgan fingerprint density at radius 2 is 2.29 bits per heavy atom. The van der Waals surface area contributed by atoms with Crippen molar-refractivity contribution in [2.24, 2.45) is 0 Å². The van der Waals surface area contributed by atoms with Crippen LogP contribution in [0, 0.1) is 0 Å². The van der Waals surface area contributed by atoms with Gasteiger partial charge >= 0.3 is 5.97 Å². The number of aryl methyl sites for hydroxylation is 1. The molecule has 0 aliphatic rings. The highest BCUT2D eigenvalue weighted by Gasteiger charge is 2.16. The van der Waals surface area contributed by atoms with Crippen LogP contribution in [0.4, 0.5) is 0 Å². The highest BCUT2D eigenvalue weighted by Crippen LogP contribution is 1.93. The number of aromatic nitrogens is 2. The summed E-state index contributed by atoms with van der Waals surface area (Å²) in [5, 5.41) is 6.55. The first kappa shape index (κ1) is 13.2. The number of hydrogen-bond acceptors (Lipinski definition) is 4. The Hall–Kier alpha value is -1.85. The van der Waals surface area contributed by atoms with Crippen LogP contribution < -0.4 is 5.32 Å². The first-order valence-corrected chi connectivity index (χ1v) is 5.57. The number of carbonyl (C=O) groups is 2. The SMILES string of the molecule is CCOC(=O)C(C)NC(=O)CCn1cccn1. The van der Waals surface area contributed by atoms with Gasteiger partial charge in [0.25, 0.3) is 0 Å². The molecule has 0 aromatic carbocycles. The van der Waals surface area contributed by atoms with Gasteiger partial charge in [0.15, 0.2) is 0 Å². The third-order valence-electron chi connectivity index (χ3n) is 2.14. The molecule has 0 saturated heterocycles. The molecule has 1 rings (SSSR count). The maximum Gasteiger partial charge on any atom is 0.328 e. The van der Waals surface area contributed by atoms with E-state index in [0.717, 1.165) is 0 Å². The van der Waals surface area contributed by atoms with Crippen LogP contribution in [-0.2, 0) is 20.9 Å². The fourth-order valence-corrected chi connectivity index (χ4v) is 1.29. The van der Waals surface area contributed by atoms with Crippen molar-refractivity contribution in [2.75, 3.05) is 6.61 Å². The van der Waals surface area contributed by atoms with Crippen molar-refractivity contribution in [2.45, 2.75) is 32.9 Å². The lowest BCUT2D eigenvalue weighted by Crippen LogP contribution is -2.39. The molecule has 94 valence electrons. The predicted molar refractivity (Wildman–Crippen MR) is 61.1 cm³/mol. The number of amides is 1. The minimum Gasteiger partial charge on any atom is -0.464 e. The zero-order chi connectivity index (χ0) is 12.7. The monoisotopic (exact) mass is 239 g/mol. The Bertz CT molecular complexity index is 362. The van der Waals surface area contributed by atoms with E-state index < -0.39 is 12.0 Å². The number of ether oxygens (including phenoxy) is 1. The van der Waals surface area contributed by atoms with Crippen LogP contribution in [0.1, 0.15) is 20.3 Å². The molecule has 1 unspecified atom stereocenters. The van der Waals surface area contributed by atoms with E-state index in [1.807, 2.05) is 0 Å². The summed E-state index contributed by atoms with van der Waals surface area (Å²) in [6.07, 6.45) is 3.71. The van der Waals surface area contributed by atoms with Crippen LogP contribution in [0.3, 0.4) is 0 Å². The lowest BCUT2D eigenvalue weighted by atomic mass is 10.3. The smallest absolute Gasteiger partial charge is 0.328 e. The molecule has 0 saturated carbocycles. The summed E-state index contributed by atoms with van der Waals surface area (Å²) in [5.41, 5.74) is 0. The fourth-order valence-electron chi connectivity index (χ4n) is 1.29. The minimum absolute atomic E-state index is 0.193. The van der Waals surface area contributed by atoms with E-state index >= 15 is 0 Å². The summed E-state index contributed by atoms with van der Waals surface area (Å²) in [6, 6.07) is 1.18. The summed E-state index contributed by atoms with van der Waals surface area (Å²) in [6.45, 7) is 4.13. The lowest BCUT2D eigenvalue weighted by Gasteiger charge is -2.12. The quantitative estimate of drug-likeness (QED) is 0.726. The third kappa shape index (κ3) is 4.67. The second-order valence-corrected chi connectivity index (χ2v) is 3.56. The number of hydrogen-bond donors (Lipinski definition) is 1. The first-order valence-electron chi connectivity index (χ1n) is 5.57. The molecule has 1 aromatic rings. The second-order valence-electron chi connectivity index (χ2n) is 3.56. The standard InChI is InChI=1S/C11H17N3O3/c1-3-17-11(16)9(2)13-10(15)5-8-14-7-4-6-12-14/h4,6-7,9H,3,5,8H2,1-2H3,(H,13,15). The molecule has 0 bridgehead atoms. The van der Waals surface area contributed by atoms with Crippen molar-refractivity contribution in [3.63, 3.8) is 0 Å². The fraction of sp³-hybridized carbons (Fsp3) is 0.545. The molecule has 17 heavy (non-hydrogen) atoms. The Balaban J connectivity index is 2.27. The van der Waals surface area contributed by atoms with Crippen LogP contribution in [0.15, 0.2) is 18.5 Å². The normalized spacial score (nSPS) is 11.9. The minimum atomic E-state index is -0.611. The molecule has 6 heteroatoms. The van der Waals surface area contributed by atoms with E-state index in [4.69, 9.17) is 4.74 Å². The van der Waals surface area contributed by atoms with Crippen LogP contribution in [0.5, 0.6) is 0 Å². The second kappa shape index (κ2) is 6.67. The summed E-state index contributed by atoms with van der Waals surface area (Å²) in [5.74, 6) is -0.610. The van der Waals surface area contributed by atoms with Gasteiger partial charge in [-0.1, -0.05) is 0 Å². The lowest BCUT2D eigenvalue weighted by molar-refractivity contribution is -0.146. The van der Waals surface area contributed by atoms with E-state index in [2.05, 4.69) is 10.4 Å². The topological polar surface area (TPSA) is 73.2 Å². The molecular weight excluding hydrogens is 222 g/mol. The van der Waals surface area contributed by atoms with Crippen molar-refractivity contribution in [1.29, 1.82) is 0 Å². The maximum absolute atomic E-state index is 11.5. The van der Waals surface area contributed by atoms with Gasteiger partial charge in [0.2, 0.25) is 5.91 Å². The van der Waals surface area contributed by atoms with Gasteiger partial charge in [0.05, 0.1) is 6.61 Å². The molecule has 0 spiro atoms. The van der Waals surface area contributed by atoms with Gasteiger partial charge in [0.1, 0.15) is 6.04 Å². The summed E-state index contributed by atoms with van der Waals surface area (Å²) < 4.78 is 6.45. The molecule has 1 aromatic heterocycles. The molecule has 0 fully saturated rings. The van der Waals surface area contributed by atoms with Crippen LogP contribution in [0.2, 0.25) is 0 Å². The largest absolute Gasteiger partial charge is 0.464 e. The number of nitrogens with zero attached hydrogens (tertiary/aromatic N) is 2. The molecular formula is C11H17N3O3. The molecule has 6 nitrogen and oxygen atoms in total. The molecule has 1 N–H and O–H groups in total. The van der Waals surface area contributed by atoms with E-state index in [-0.39, 0.29) is 12.3 Å². The highest BCUT2D eigenvalue weighted by molar-refractivity contribution is 5.84. The number of rotatable bonds is 6. The average Bonchev–Trinajstić information content (AvgIpc) is 2.79. The van der Waals surface area contributed by atoms with Gasteiger partial charge in [-0.15, -0.1) is 0 Å². The molecule has 0 radical (unpaired) electrons. The van der Waals surface area contributed by atoms with Crippen molar-refractivity contribution >= 4 is 11.9 Å². The van der Waals surface area contributed by atoms with Gasteiger partial charge < -0.3 is 10.1 Å². The number of nitrogens with one attached hydrogen (secondary N) is 1. The van der Waals surface area contributed by atoms with Crippen molar-refractivity contribution < 1.29 is 14.3 Å². The zero-order valence-corrected chi connectivity index (χ0v) is 10.0. The Morgan fingerprint density at radius 1 is 1.53 bits per heavy atom. The third-order valence-corrected chi connectivity index (χ3v) is 2.14. The van der Waals surface area contributed by atoms with Gasteiger partial charge in [0, 0.05) is 25.4 Å². The predicted octanol–water partition coefficient (Wildman–Crippen LogP) is 0.341. The van der Waals surface area contributed by atoms with Gasteiger partial charge in [-0.05, 0) is 19.9 Å². The molecule has 0 aliphatic heterocycles. The van der Waals surface area contributed by atoms with E-state index in [1.54, 1.807) is 37.0 Å². The number of carbonyl (C=O) groups excluding carboxylic acids is 2. The van der Waals surface area contributed by atoms with Gasteiger partial charge in [-0.25, -0.2) is 4.79 Å². The molecule has 0 aliphatic carbocycles. The summed E-state index contributed by atoms with van der Waals surface area (Å²) in [7, 11) is 0. The summed E-state index contributed by atoms with van der Waals surface area (Å²) >= 11 is 0. The molecule has 1 heterocycles. The first-order chi connectivity index (χ1) is 8.13. The van der Waals surface area contributed by atoms with Gasteiger partial charge in [-0.2, -0.15) is 5.10 Å². The van der Waals surface area contributed by atoms with Crippen molar-refractivity contribution in [1.82, 2.24) is 15.1 Å². The Kier molecular flexibility index (Phi) is 5.19. The Morgan fingerprint density at radius 3 is 2.88 bits per heavy atom. The van der Waals surface area contributed by atoms with Crippen molar-refractivity contribution in [3.05, 3.63) is 18.5 Å². The van der Waals surface area contributed by atoms with Gasteiger partial charge in [-0.3, -0.25) is 9.48 Å². The number of esters is 1. The maximum atomic E-state index is 11.5. The van der Waals surface area contributed by atoms with E-state index in [1.165, 1.54) is 0 Å². The average molecular weight is 239 g/mol. The van der Waals surface area contributed by atoms with Crippen LogP contribution in [0.25, 0.3) is 0 Å². The molecule has 1 atom stereocenters. The van der Waals surface area contributed by atoms with E-state index in [0.29, 0.717) is 13.2 Å². The molecule has 1 amide bonds. The van der Waals surface area contributed by atoms with Crippen molar-refractivity contribution in [3.8, 4) is 0 Å². The van der Waals surface area contributed by atoms with E-state index in [9.17, 15) is 9.59 Å². The van der Waals surface area contributed by atoms with Crippen LogP contribution >= 0.6 is 0 Å². The highest BCUT2D eigenvalue weighted by atomic mass is 16.5. The Labute approximate surface area is 99.9 Å².